The largest absolute Gasteiger partial charge is 0.506 e. The summed E-state index contributed by atoms with van der Waals surface area (Å²) in [4.78, 5) is 26.1. The Hall–Kier alpha value is -2.12. The lowest BCUT2D eigenvalue weighted by atomic mass is 10.0. The van der Waals surface area contributed by atoms with Crippen LogP contribution in [0, 0.1) is 0 Å². The van der Waals surface area contributed by atoms with Gasteiger partial charge in [0.15, 0.2) is 0 Å². The van der Waals surface area contributed by atoms with Crippen molar-refractivity contribution in [1.82, 2.24) is 0 Å². The van der Waals surface area contributed by atoms with E-state index in [0.29, 0.717) is 21.1 Å². The second-order valence-electron chi connectivity index (χ2n) is 6.29. The van der Waals surface area contributed by atoms with Crippen LogP contribution in [-0.2, 0) is 16.0 Å². The fourth-order valence-electron chi connectivity index (χ4n) is 3.38. The molecule has 0 radical (unpaired) electrons. The number of carbonyl (C=O) groups is 2. The first-order valence-corrected chi connectivity index (χ1v) is 9.60. The lowest BCUT2D eigenvalue weighted by Crippen LogP contribution is -2.25. The fraction of sp³-hybridized carbons (Fsp3) is 0.158. The van der Waals surface area contributed by atoms with E-state index in [-0.39, 0.29) is 17.6 Å². The minimum atomic E-state index is -0.182. The molecule has 2 aromatic carbocycles. The topological polar surface area (TPSA) is 69.6 Å². The van der Waals surface area contributed by atoms with E-state index >= 15 is 0 Å². The molecular weight excluding hydrogens is 464 g/mol. The van der Waals surface area contributed by atoms with Crippen molar-refractivity contribution < 1.29 is 14.7 Å². The molecule has 2 heterocycles. The highest BCUT2D eigenvalue weighted by Crippen LogP contribution is 2.41. The smallest absolute Gasteiger partial charge is 0.256 e. The van der Waals surface area contributed by atoms with E-state index < -0.39 is 0 Å². The standard InChI is InChI=1S/C19H14Br2N2O3/c1-9(24)23-3-2-11-7-16-12(8-17(11)23)13(19(26)22-16)4-10-5-14(20)18(25)15(21)6-10/h4-8,25H,2-3H2,1H3,(H,22,26)/b13-4-. The maximum Gasteiger partial charge on any atom is 0.256 e. The lowest BCUT2D eigenvalue weighted by Gasteiger charge is -2.15. The van der Waals surface area contributed by atoms with Gasteiger partial charge in [0.25, 0.3) is 5.91 Å². The number of amides is 2. The van der Waals surface area contributed by atoms with Crippen LogP contribution < -0.4 is 10.2 Å². The molecule has 0 aliphatic carbocycles. The van der Waals surface area contributed by atoms with Crippen LogP contribution in [0.4, 0.5) is 11.4 Å². The Bertz CT molecular complexity index is 991. The monoisotopic (exact) mass is 476 g/mol. The van der Waals surface area contributed by atoms with Gasteiger partial charge < -0.3 is 15.3 Å². The SMILES string of the molecule is CC(=O)N1CCc2cc3c(cc21)/C(=C/c1cc(Br)c(O)c(Br)c1)C(=O)N3. The van der Waals surface area contributed by atoms with Crippen LogP contribution in [0.5, 0.6) is 5.75 Å². The molecule has 2 N–H and O–H groups in total. The number of carbonyl (C=O) groups excluding carboxylic acids is 2. The zero-order chi connectivity index (χ0) is 18.6. The Balaban J connectivity index is 1.83. The van der Waals surface area contributed by atoms with Crippen molar-refractivity contribution in [3.63, 3.8) is 0 Å². The zero-order valence-corrected chi connectivity index (χ0v) is 16.9. The van der Waals surface area contributed by atoms with Gasteiger partial charge in [0.05, 0.1) is 8.95 Å². The molecule has 0 saturated carbocycles. The predicted octanol–water partition coefficient (Wildman–Crippen LogP) is 4.32. The van der Waals surface area contributed by atoms with Crippen molar-refractivity contribution in [2.24, 2.45) is 0 Å². The molecule has 26 heavy (non-hydrogen) atoms. The number of hydrogen-bond donors (Lipinski definition) is 2. The van der Waals surface area contributed by atoms with Gasteiger partial charge >= 0.3 is 0 Å². The summed E-state index contributed by atoms with van der Waals surface area (Å²) in [6, 6.07) is 7.35. The van der Waals surface area contributed by atoms with Crippen molar-refractivity contribution in [2.75, 3.05) is 16.8 Å². The van der Waals surface area contributed by atoms with Gasteiger partial charge in [-0.2, -0.15) is 0 Å². The van der Waals surface area contributed by atoms with Gasteiger partial charge in [0.1, 0.15) is 5.75 Å². The fourth-order valence-corrected chi connectivity index (χ4v) is 4.60. The highest BCUT2D eigenvalue weighted by molar-refractivity contribution is 9.11. The zero-order valence-electron chi connectivity index (χ0n) is 13.8. The summed E-state index contributed by atoms with van der Waals surface area (Å²) in [7, 11) is 0. The molecule has 0 fully saturated rings. The van der Waals surface area contributed by atoms with E-state index in [1.807, 2.05) is 12.1 Å². The van der Waals surface area contributed by atoms with Gasteiger partial charge in [-0.05, 0) is 79.7 Å². The molecule has 0 aromatic heterocycles. The van der Waals surface area contributed by atoms with Crippen LogP contribution in [0.15, 0.2) is 33.2 Å². The van der Waals surface area contributed by atoms with Crippen molar-refractivity contribution in [2.45, 2.75) is 13.3 Å². The Kier molecular flexibility index (Phi) is 4.16. The highest BCUT2D eigenvalue weighted by Gasteiger charge is 2.30. The number of aromatic hydroxyl groups is 1. The molecule has 4 rings (SSSR count). The molecular formula is C19H14Br2N2O3. The number of hydrogen-bond acceptors (Lipinski definition) is 3. The number of nitrogens with zero attached hydrogens (tertiary/aromatic N) is 1. The average molecular weight is 478 g/mol. The number of phenolic OH excluding ortho intramolecular Hbond substituents is 1. The van der Waals surface area contributed by atoms with Crippen molar-refractivity contribution >= 4 is 66.7 Å². The van der Waals surface area contributed by atoms with E-state index in [1.165, 1.54) is 0 Å². The normalized spacial score (nSPS) is 16.7. The van der Waals surface area contributed by atoms with E-state index in [0.717, 1.165) is 34.5 Å². The summed E-state index contributed by atoms with van der Waals surface area (Å²) < 4.78 is 1.07. The van der Waals surface area contributed by atoms with E-state index in [4.69, 9.17) is 0 Å². The molecule has 5 nitrogen and oxygen atoms in total. The van der Waals surface area contributed by atoms with Gasteiger partial charge in [-0.3, -0.25) is 9.59 Å². The van der Waals surface area contributed by atoms with Crippen LogP contribution in [0.3, 0.4) is 0 Å². The molecule has 2 aliphatic heterocycles. The lowest BCUT2D eigenvalue weighted by molar-refractivity contribution is -0.116. The van der Waals surface area contributed by atoms with Crippen LogP contribution in [0.25, 0.3) is 11.6 Å². The van der Waals surface area contributed by atoms with Crippen LogP contribution in [0.1, 0.15) is 23.6 Å². The van der Waals surface area contributed by atoms with Gasteiger partial charge in [-0.15, -0.1) is 0 Å². The summed E-state index contributed by atoms with van der Waals surface area (Å²) >= 11 is 6.61. The van der Waals surface area contributed by atoms with Crippen molar-refractivity contribution in [3.8, 4) is 5.75 Å². The Morgan fingerprint density at radius 3 is 2.58 bits per heavy atom. The molecule has 7 heteroatoms. The molecule has 0 unspecified atom stereocenters. The predicted molar refractivity (Wildman–Crippen MR) is 108 cm³/mol. The van der Waals surface area contributed by atoms with Gasteiger partial charge in [-0.25, -0.2) is 0 Å². The third kappa shape index (κ3) is 2.75. The summed E-state index contributed by atoms with van der Waals surface area (Å²) in [5.41, 5.74) is 4.78. The summed E-state index contributed by atoms with van der Waals surface area (Å²) in [6.45, 7) is 2.21. The molecule has 2 aromatic rings. The van der Waals surface area contributed by atoms with Crippen LogP contribution >= 0.6 is 31.9 Å². The molecule has 2 aliphatic rings. The third-order valence-corrected chi connectivity index (χ3v) is 5.84. The first-order valence-electron chi connectivity index (χ1n) is 8.01. The number of anilines is 2. The number of nitrogens with one attached hydrogen (secondary N) is 1. The molecule has 0 atom stereocenters. The molecule has 0 spiro atoms. The Morgan fingerprint density at radius 2 is 1.92 bits per heavy atom. The van der Waals surface area contributed by atoms with Gasteiger partial charge in [-0.1, -0.05) is 0 Å². The minimum absolute atomic E-state index is 0.00194. The molecule has 0 bridgehead atoms. The number of rotatable bonds is 1. The maximum absolute atomic E-state index is 12.5. The van der Waals surface area contributed by atoms with Gasteiger partial charge in [0.2, 0.25) is 5.91 Å². The minimum Gasteiger partial charge on any atom is -0.506 e. The van der Waals surface area contributed by atoms with E-state index in [9.17, 15) is 14.7 Å². The molecule has 132 valence electrons. The average Bonchev–Trinajstić information content (AvgIpc) is 3.11. The van der Waals surface area contributed by atoms with Crippen LogP contribution in [-0.4, -0.2) is 23.5 Å². The Labute approximate surface area is 167 Å². The van der Waals surface area contributed by atoms with E-state index in [1.54, 1.807) is 30.0 Å². The molecule has 2 amide bonds. The van der Waals surface area contributed by atoms with Crippen molar-refractivity contribution in [1.29, 1.82) is 0 Å². The number of phenols is 1. The second kappa shape index (κ2) is 6.25. The highest BCUT2D eigenvalue weighted by atomic mass is 79.9. The van der Waals surface area contributed by atoms with Gasteiger partial charge in [0, 0.05) is 36.0 Å². The first kappa shape index (κ1) is 17.3. The summed E-state index contributed by atoms with van der Waals surface area (Å²) in [5.74, 6) is -0.0744. The number of benzene rings is 2. The van der Waals surface area contributed by atoms with Crippen molar-refractivity contribution in [3.05, 3.63) is 49.9 Å². The summed E-state index contributed by atoms with van der Waals surface area (Å²) in [6.07, 6.45) is 2.56. The molecule has 0 saturated heterocycles. The third-order valence-electron chi connectivity index (χ3n) is 4.63. The second-order valence-corrected chi connectivity index (χ2v) is 8.00. The number of halogens is 2. The maximum atomic E-state index is 12.5. The first-order chi connectivity index (χ1) is 12.3. The Morgan fingerprint density at radius 1 is 1.23 bits per heavy atom. The quantitative estimate of drug-likeness (QED) is 0.601. The number of fused-ring (bicyclic) bond motifs is 2. The van der Waals surface area contributed by atoms with Crippen LogP contribution in [0.2, 0.25) is 0 Å². The summed E-state index contributed by atoms with van der Waals surface area (Å²) in [5, 5.41) is 12.8. The van der Waals surface area contributed by atoms with E-state index in [2.05, 4.69) is 37.2 Å².